The van der Waals surface area contributed by atoms with Crippen LogP contribution in [0, 0.1) is 12.7 Å². The third-order valence-corrected chi connectivity index (χ3v) is 4.88. The Balaban J connectivity index is 2.05. The van der Waals surface area contributed by atoms with E-state index in [1.807, 2.05) is 0 Å². The quantitative estimate of drug-likeness (QED) is 0.827. The lowest BCUT2D eigenvalue weighted by atomic mass is 10.2. The van der Waals surface area contributed by atoms with E-state index in [9.17, 15) is 14.0 Å². The molecule has 0 aliphatic rings. The molecule has 0 aliphatic carbocycles. The third kappa shape index (κ3) is 4.27. The number of amides is 2. The Morgan fingerprint density at radius 3 is 2.67 bits per heavy atom. The molecule has 5 nitrogen and oxygen atoms in total. The molecular formula is C13H12FN3O2S2. The van der Waals surface area contributed by atoms with Crippen molar-refractivity contribution in [2.45, 2.75) is 11.1 Å². The molecular weight excluding hydrogens is 313 g/mol. The molecule has 8 heteroatoms. The van der Waals surface area contributed by atoms with Crippen molar-refractivity contribution in [2.24, 2.45) is 5.73 Å². The van der Waals surface area contributed by atoms with Crippen molar-refractivity contribution >= 4 is 40.0 Å². The second-order valence-electron chi connectivity index (χ2n) is 4.11. The van der Waals surface area contributed by atoms with Crippen molar-refractivity contribution in [2.75, 3.05) is 11.1 Å². The Bertz CT molecular complexity index is 671. The minimum Gasteiger partial charge on any atom is -0.369 e. The van der Waals surface area contributed by atoms with E-state index in [1.54, 1.807) is 6.92 Å². The van der Waals surface area contributed by atoms with Gasteiger partial charge in [0.25, 0.3) is 5.91 Å². The largest absolute Gasteiger partial charge is 0.369 e. The molecule has 1 aromatic carbocycles. The number of nitrogens with two attached hydrogens (primary N) is 1. The summed E-state index contributed by atoms with van der Waals surface area (Å²) in [5.74, 6) is -1.02. The third-order valence-electron chi connectivity index (χ3n) is 2.43. The Kier molecular flexibility index (Phi) is 4.92. The van der Waals surface area contributed by atoms with Crippen LogP contribution in [0.25, 0.3) is 0 Å². The fourth-order valence-corrected chi connectivity index (χ4v) is 3.35. The van der Waals surface area contributed by atoms with Crippen LogP contribution in [0.4, 0.5) is 9.52 Å². The smallest absolute Gasteiger partial charge is 0.257 e. The standard InChI is InChI=1S/C13H12FN3O2S2/c1-7-12(20-6-10(15)18)21-13(16-7)17-11(19)8-2-4-9(14)5-3-8/h2-5H,6H2,1H3,(H2,15,18)(H,16,17,19). The number of rotatable bonds is 5. The van der Waals surface area contributed by atoms with Gasteiger partial charge in [-0.05, 0) is 31.2 Å². The lowest BCUT2D eigenvalue weighted by Crippen LogP contribution is -2.12. The van der Waals surface area contributed by atoms with Gasteiger partial charge in [-0.15, -0.1) is 11.8 Å². The average Bonchev–Trinajstić information content (AvgIpc) is 2.77. The number of thioether (sulfide) groups is 1. The number of hydrogen-bond acceptors (Lipinski definition) is 5. The SMILES string of the molecule is Cc1nc(NC(=O)c2ccc(F)cc2)sc1SCC(N)=O. The van der Waals surface area contributed by atoms with E-state index in [4.69, 9.17) is 5.73 Å². The monoisotopic (exact) mass is 325 g/mol. The van der Waals surface area contributed by atoms with Crippen LogP contribution in [-0.4, -0.2) is 22.6 Å². The minimum absolute atomic E-state index is 0.161. The first kappa shape index (κ1) is 15.5. The highest BCUT2D eigenvalue weighted by molar-refractivity contribution is 8.01. The number of thiazole rings is 1. The number of nitrogens with zero attached hydrogens (tertiary/aromatic N) is 1. The lowest BCUT2D eigenvalue weighted by molar-refractivity contribution is -0.115. The normalized spacial score (nSPS) is 10.4. The zero-order valence-corrected chi connectivity index (χ0v) is 12.7. The van der Waals surface area contributed by atoms with Crippen molar-refractivity contribution in [3.63, 3.8) is 0 Å². The fraction of sp³-hybridized carbons (Fsp3) is 0.154. The molecule has 0 saturated carbocycles. The Morgan fingerprint density at radius 2 is 2.05 bits per heavy atom. The molecule has 110 valence electrons. The summed E-state index contributed by atoms with van der Waals surface area (Å²) in [6.07, 6.45) is 0. The number of hydrogen-bond donors (Lipinski definition) is 2. The molecule has 0 unspecified atom stereocenters. The molecule has 0 radical (unpaired) electrons. The molecule has 1 aromatic heterocycles. The maximum Gasteiger partial charge on any atom is 0.257 e. The average molecular weight is 325 g/mol. The van der Waals surface area contributed by atoms with Crippen LogP contribution in [0.15, 0.2) is 28.5 Å². The number of benzene rings is 1. The zero-order valence-electron chi connectivity index (χ0n) is 11.1. The van der Waals surface area contributed by atoms with Crippen molar-refractivity contribution < 1.29 is 14.0 Å². The number of anilines is 1. The summed E-state index contributed by atoms with van der Waals surface area (Å²) in [5.41, 5.74) is 6.16. The van der Waals surface area contributed by atoms with Gasteiger partial charge in [-0.1, -0.05) is 11.3 Å². The Hall–Kier alpha value is -1.93. The van der Waals surface area contributed by atoms with Gasteiger partial charge in [-0.2, -0.15) is 0 Å². The van der Waals surface area contributed by atoms with Gasteiger partial charge in [0.1, 0.15) is 5.82 Å². The molecule has 2 aromatic rings. The second-order valence-corrected chi connectivity index (χ2v) is 6.35. The second kappa shape index (κ2) is 6.68. The van der Waals surface area contributed by atoms with Crippen LogP contribution in [0.3, 0.4) is 0 Å². The summed E-state index contributed by atoms with van der Waals surface area (Å²) in [6.45, 7) is 1.79. The van der Waals surface area contributed by atoms with Crippen LogP contribution in [0.2, 0.25) is 0 Å². The van der Waals surface area contributed by atoms with E-state index in [0.29, 0.717) is 10.7 Å². The van der Waals surface area contributed by atoms with Crippen LogP contribution in [-0.2, 0) is 4.79 Å². The maximum atomic E-state index is 12.8. The molecule has 0 fully saturated rings. The van der Waals surface area contributed by atoms with Gasteiger partial charge in [-0.25, -0.2) is 9.37 Å². The number of carbonyl (C=O) groups is 2. The van der Waals surface area contributed by atoms with Gasteiger partial charge in [-0.3, -0.25) is 14.9 Å². The summed E-state index contributed by atoms with van der Waals surface area (Å²) in [6, 6.07) is 5.23. The van der Waals surface area contributed by atoms with Crippen molar-refractivity contribution in [3.05, 3.63) is 41.3 Å². The first-order valence-electron chi connectivity index (χ1n) is 5.91. The molecule has 0 bridgehead atoms. The topological polar surface area (TPSA) is 85.1 Å². The van der Waals surface area contributed by atoms with Gasteiger partial charge in [0.2, 0.25) is 5.91 Å². The molecule has 0 aliphatic heterocycles. The zero-order chi connectivity index (χ0) is 15.4. The van der Waals surface area contributed by atoms with Gasteiger partial charge < -0.3 is 5.73 Å². The number of aryl methyl sites for hydroxylation is 1. The van der Waals surface area contributed by atoms with E-state index in [-0.39, 0.29) is 11.7 Å². The number of primary amides is 1. The van der Waals surface area contributed by atoms with Crippen LogP contribution < -0.4 is 11.1 Å². The molecule has 0 saturated heterocycles. The summed E-state index contributed by atoms with van der Waals surface area (Å²) in [4.78, 5) is 26.9. The van der Waals surface area contributed by atoms with Crippen LogP contribution in [0.1, 0.15) is 16.1 Å². The van der Waals surface area contributed by atoms with Gasteiger partial charge in [0.15, 0.2) is 5.13 Å². The predicted molar refractivity (Wildman–Crippen MR) is 81.1 cm³/mol. The minimum atomic E-state index is -0.412. The highest BCUT2D eigenvalue weighted by atomic mass is 32.2. The van der Waals surface area contributed by atoms with Gasteiger partial charge in [0.05, 0.1) is 15.7 Å². The highest BCUT2D eigenvalue weighted by Crippen LogP contribution is 2.32. The van der Waals surface area contributed by atoms with E-state index in [0.717, 1.165) is 9.90 Å². The van der Waals surface area contributed by atoms with E-state index in [1.165, 1.54) is 47.4 Å². The lowest BCUT2D eigenvalue weighted by Gasteiger charge is -2.01. The number of halogens is 1. The summed E-state index contributed by atoms with van der Waals surface area (Å²) in [5, 5.41) is 3.07. The molecule has 2 amide bonds. The summed E-state index contributed by atoms with van der Waals surface area (Å²) < 4.78 is 13.6. The summed E-state index contributed by atoms with van der Waals surface area (Å²) >= 11 is 2.55. The van der Waals surface area contributed by atoms with E-state index >= 15 is 0 Å². The van der Waals surface area contributed by atoms with Gasteiger partial charge in [0, 0.05) is 5.56 Å². The molecule has 2 rings (SSSR count). The number of carbonyl (C=O) groups excluding carboxylic acids is 2. The predicted octanol–water partition coefficient (Wildman–Crippen LogP) is 2.42. The van der Waals surface area contributed by atoms with E-state index < -0.39 is 11.7 Å². The maximum absolute atomic E-state index is 12.8. The summed E-state index contributed by atoms with van der Waals surface area (Å²) in [7, 11) is 0. The first-order chi connectivity index (χ1) is 9.95. The highest BCUT2D eigenvalue weighted by Gasteiger charge is 2.13. The van der Waals surface area contributed by atoms with Gasteiger partial charge >= 0.3 is 0 Å². The fourth-order valence-electron chi connectivity index (χ4n) is 1.48. The first-order valence-corrected chi connectivity index (χ1v) is 7.71. The van der Waals surface area contributed by atoms with Crippen molar-refractivity contribution in [3.8, 4) is 0 Å². The van der Waals surface area contributed by atoms with E-state index in [2.05, 4.69) is 10.3 Å². The molecule has 0 spiro atoms. The van der Waals surface area contributed by atoms with Crippen LogP contribution >= 0.6 is 23.1 Å². The van der Waals surface area contributed by atoms with Crippen molar-refractivity contribution in [1.82, 2.24) is 4.98 Å². The molecule has 21 heavy (non-hydrogen) atoms. The van der Waals surface area contributed by atoms with Crippen LogP contribution in [0.5, 0.6) is 0 Å². The molecule has 3 N–H and O–H groups in total. The Morgan fingerprint density at radius 1 is 1.38 bits per heavy atom. The molecule has 0 atom stereocenters. The Labute approximate surface area is 128 Å². The van der Waals surface area contributed by atoms with Crippen molar-refractivity contribution in [1.29, 1.82) is 0 Å². The molecule has 1 heterocycles. The number of nitrogens with one attached hydrogen (secondary N) is 1. The number of aromatic nitrogens is 1.